The maximum atomic E-state index is 13.4. The third-order valence-corrected chi connectivity index (χ3v) is 8.78. The van der Waals surface area contributed by atoms with Gasteiger partial charge in [-0.05, 0) is 56.7 Å². The van der Waals surface area contributed by atoms with Crippen molar-refractivity contribution in [1.29, 1.82) is 0 Å². The molecule has 0 unspecified atom stereocenters. The maximum absolute atomic E-state index is 13.4. The van der Waals surface area contributed by atoms with Crippen molar-refractivity contribution in [3.05, 3.63) is 29.8 Å². The minimum absolute atomic E-state index is 0.0432. The van der Waals surface area contributed by atoms with E-state index in [-0.39, 0.29) is 37.9 Å². The van der Waals surface area contributed by atoms with Crippen LogP contribution in [0.2, 0.25) is 0 Å². The average Bonchev–Trinajstić information content (AvgIpc) is 3.71. The van der Waals surface area contributed by atoms with E-state index in [0.29, 0.717) is 31.7 Å². The number of benzene rings is 1. The Balaban J connectivity index is 1.46. The Kier molecular flexibility index (Phi) is 7.54. The highest BCUT2D eigenvalue weighted by Crippen LogP contribution is 2.38. The lowest BCUT2D eigenvalue weighted by molar-refractivity contribution is -0.157. The first-order valence-electron chi connectivity index (χ1n) is 12.0. The standard InChI is InChI=1S/C23H27F6N3O4S/c24-22(25,26)13-19(30-20(33)14-4-5-14)21(34)31-10-8-17(9-11-31)32(16-6-7-16)37(35,36)18-3-1-2-15(12-18)23(27,28)29/h1-3,12,14,16-17,19H,4-11,13H2,(H,30,33)/t19-/m1/s1. The van der Waals surface area contributed by atoms with Crippen molar-refractivity contribution >= 4 is 21.8 Å². The molecule has 2 saturated carbocycles. The number of hydrogen-bond donors (Lipinski definition) is 1. The largest absolute Gasteiger partial charge is 0.416 e. The van der Waals surface area contributed by atoms with Crippen molar-refractivity contribution in [2.24, 2.45) is 5.92 Å². The fourth-order valence-corrected chi connectivity index (χ4v) is 6.58. The fourth-order valence-electron chi connectivity index (χ4n) is 4.60. The van der Waals surface area contributed by atoms with Gasteiger partial charge in [-0.25, -0.2) is 8.42 Å². The molecule has 0 aromatic heterocycles. The molecule has 0 radical (unpaired) electrons. The normalized spacial score (nSPS) is 20.7. The molecule has 37 heavy (non-hydrogen) atoms. The van der Waals surface area contributed by atoms with Gasteiger partial charge >= 0.3 is 12.4 Å². The van der Waals surface area contributed by atoms with E-state index in [9.17, 15) is 44.3 Å². The van der Waals surface area contributed by atoms with Crippen LogP contribution in [0.3, 0.4) is 0 Å². The number of amides is 2. The number of carbonyl (C=O) groups is 2. The van der Waals surface area contributed by atoms with Crippen molar-refractivity contribution in [3.8, 4) is 0 Å². The second-order valence-electron chi connectivity index (χ2n) is 9.80. The second kappa shape index (κ2) is 10.1. The van der Waals surface area contributed by atoms with Crippen LogP contribution in [0.15, 0.2) is 29.2 Å². The predicted octanol–water partition coefficient (Wildman–Crippen LogP) is 3.70. The van der Waals surface area contributed by atoms with Crippen molar-refractivity contribution < 1.29 is 44.3 Å². The molecule has 1 aromatic carbocycles. The fraction of sp³-hybridized carbons (Fsp3) is 0.652. The Bertz CT molecular complexity index is 1120. The molecule has 206 valence electrons. The Hall–Kier alpha value is -2.35. The van der Waals surface area contributed by atoms with Gasteiger partial charge in [0.2, 0.25) is 21.8 Å². The number of carbonyl (C=O) groups excluding carboxylic acids is 2. The van der Waals surface area contributed by atoms with Crippen molar-refractivity contribution in [2.75, 3.05) is 13.1 Å². The van der Waals surface area contributed by atoms with Gasteiger partial charge < -0.3 is 10.2 Å². The number of likely N-dealkylation sites (tertiary alicyclic amines) is 1. The molecule has 1 atom stereocenters. The maximum Gasteiger partial charge on any atom is 0.416 e. The highest BCUT2D eigenvalue weighted by atomic mass is 32.2. The molecule has 4 rings (SSSR count). The van der Waals surface area contributed by atoms with Crippen molar-refractivity contribution in [2.45, 2.75) is 80.3 Å². The average molecular weight is 556 g/mol. The number of sulfonamides is 1. The first kappa shape index (κ1) is 27.7. The van der Waals surface area contributed by atoms with E-state index in [2.05, 4.69) is 5.32 Å². The minimum Gasteiger partial charge on any atom is -0.344 e. The highest BCUT2D eigenvalue weighted by Gasteiger charge is 2.46. The zero-order chi connectivity index (χ0) is 27.2. The van der Waals surface area contributed by atoms with Crippen LogP contribution in [0, 0.1) is 5.92 Å². The van der Waals surface area contributed by atoms with E-state index in [1.165, 1.54) is 9.21 Å². The molecule has 0 spiro atoms. The summed E-state index contributed by atoms with van der Waals surface area (Å²) in [6.07, 6.45) is -8.51. The van der Waals surface area contributed by atoms with Gasteiger partial charge in [-0.2, -0.15) is 30.6 Å². The number of halogens is 6. The van der Waals surface area contributed by atoms with Crippen LogP contribution in [0.4, 0.5) is 26.3 Å². The Morgan fingerprint density at radius 1 is 0.973 bits per heavy atom. The first-order valence-corrected chi connectivity index (χ1v) is 13.5. The molecular weight excluding hydrogens is 528 g/mol. The first-order chi connectivity index (χ1) is 17.2. The van der Waals surface area contributed by atoms with E-state index in [1.54, 1.807) is 0 Å². The van der Waals surface area contributed by atoms with Crippen LogP contribution >= 0.6 is 0 Å². The van der Waals surface area contributed by atoms with Gasteiger partial charge in [-0.1, -0.05) is 6.07 Å². The van der Waals surface area contributed by atoms with Gasteiger partial charge in [-0.3, -0.25) is 9.59 Å². The molecule has 2 aliphatic carbocycles. The Morgan fingerprint density at radius 3 is 2.08 bits per heavy atom. The lowest BCUT2D eigenvalue weighted by atomic mass is 10.0. The molecular formula is C23H27F6N3O4S. The molecule has 1 heterocycles. The molecule has 1 N–H and O–H groups in total. The Morgan fingerprint density at radius 2 is 1.57 bits per heavy atom. The minimum atomic E-state index is -4.72. The van der Waals surface area contributed by atoms with Crippen molar-refractivity contribution in [3.63, 3.8) is 0 Å². The van der Waals surface area contributed by atoms with Crippen LogP contribution in [0.1, 0.15) is 50.5 Å². The van der Waals surface area contributed by atoms with Gasteiger partial charge in [0.1, 0.15) is 6.04 Å². The number of nitrogens with one attached hydrogen (secondary N) is 1. The summed E-state index contributed by atoms with van der Waals surface area (Å²) in [5.41, 5.74) is -1.09. The van der Waals surface area contributed by atoms with Gasteiger partial charge in [0.15, 0.2) is 0 Å². The molecule has 1 aliphatic heterocycles. The van der Waals surface area contributed by atoms with Gasteiger partial charge in [0, 0.05) is 31.1 Å². The number of alkyl halides is 6. The van der Waals surface area contributed by atoms with Gasteiger partial charge in [-0.15, -0.1) is 0 Å². The van der Waals surface area contributed by atoms with E-state index >= 15 is 0 Å². The molecule has 0 bridgehead atoms. The summed E-state index contributed by atoms with van der Waals surface area (Å²) >= 11 is 0. The highest BCUT2D eigenvalue weighted by molar-refractivity contribution is 7.89. The zero-order valence-corrected chi connectivity index (χ0v) is 20.5. The van der Waals surface area contributed by atoms with E-state index in [4.69, 9.17) is 0 Å². The SMILES string of the molecule is O=C(N[C@H](CC(F)(F)F)C(=O)N1CCC(N(C2CC2)S(=O)(=O)c2cccc(C(F)(F)F)c2)CC1)C1CC1. The van der Waals surface area contributed by atoms with Gasteiger partial charge in [0.25, 0.3) is 0 Å². The summed E-state index contributed by atoms with van der Waals surface area (Å²) in [5.74, 6) is -1.87. The lowest BCUT2D eigenvalue weighted by Gasteiger charge is -2.39. The van der Waals surface area contributed by atoms with Crippen LogP contribution in [-0.4, -0.2) is 66.8 Å². The molecule has 3 fully saturated rings. The zero-order valence-electron chi connectivity index (χ0n) is 19.7. The quantitative estimate of drug-likeness (QED) is 0.496. The second-order valence-corrected chi connectivity index (χ2v) is 11.6. The van der Waals surface area contributed by atoms with Crippen LogP contribution < -0.4 is 5.32 Å². The van der Waals surface area contributed by atoms with E-state index < -0.39 is 63.2 Å². The number of hydrogen-bond acceptors (Lipinski definition) is 4. The summed E-state index contributed by atoms with van der Waals surface area (Å²) in [4.78, 5) is 25.6. The predicted molar refractivity (Wildman–Crippen MR) is 118 cm³/mol. The molecule has 1 saturated heterocycles. The number of nitrogens with zero attached hydrogens (tertiary/aromatic N) is 2. The van der Waals surface area contributed by atoms with Crippen molar-refractivity contribution in [1.82, 2.24) is 14.5 Å². The monoisotopic (exact) mass is 555 g/mol. The third-order valence-electron chi connectivity index (χ3n) is 6.78. The Labute approximate surface area is 210 Å². The number of piperidine rings is 1. The summed E-state index contributed by atoms with van der Waals surface area (Å²) in [6.45, 7) is -0.0863. The topological polar surface area (TPSA) is 86.8 Å². The van der Waals surface area contributed by atoms with Crippen LogP contribution in [0.5, 0.6) is 0 Å². The van der Waals surface area contributed by atoms with E-state index in [1.807, 2.05) is 0 Å². The molecule has 2 amide bonds. The van der Waals surface area contributed by atoms with E-state index in [0.717, 1.165) is 18.2 Å². The molecule has 14 heteroatoms. The molecule has 7 nitrogen and oxygen atoms in total. The van der Waals surface area contributed by atoms with Gasteiger partial charge in [0.05, 0.1) is 16.9 Å². The summed E-state index contributed by atoms with van der Waals surface area (Å²) in [6, 6.07) is 0.720. The smallest absolute Gasteiger partial charge is 0.344 e. The number of rotatable bonds is 8. The summed E-state index contributed by atoms with van der Waals surface area (Å²) in [7, 11) is -4.29. The lowest BCUT2D eigenvalue weighted by Crippen LogP contribution is -2.55. The van der Waals surface area contributed by atoms with Crippen LogP contribution in [-0.2, 0) is 25.8 Å². The summed E-state index contributed by atoms with van der Waals surface area (Å²) in [5, 5.41) is 2.21. The summed E-state index contributed by atoms with van der Waals surface area (Å²) < 4.78 is 107. The van der Waals surface area contributed by atoms with Crippen LogP contribution in [0.25, 0.3) is 0 Å². The third kappa shape index (κ3) is 6.75. The molecule has 1 aromatic rings. The molecule has 3 aliphatic rings.